The summed E-state index contributed by atoms with van der Waals surface area (Å²) in [6.45, 7) is 0. The Balaban J connectivity index is 1.81. The van der Waals surface area contributed by atoms with Crippen LogP contribution in [0.2, 0.25) is 0 Å². The third kappa shape index (κ3) is 2.88. The van der Waals surface area contributed by atoms with E-state index in [9.17, 15) is 13.6 Å². The smallest absolute Gasteiger partial charge is 0.252 e. The number of hydrogen-bond acceptors (Lipinski definition) is 1. The molecule has 0 bridgehead atoms. The number of halogens is 2. The van der Waals surface area contributed by atoms with E-state index in [1.54, 1.807) is 24.4 Å². The molecule has 3 nitrogen and oxygen atoms in total. The molecular formula is C17H12F2N2O. The molecule has 0 unspecified atom stereocenters. The molecule has 0 saturated carbocycles. The number of nitrogens with one attached hydrogen (secondary N) is 1. The number of amides is 1. The van der Waals surface area contributed by atoms with E-state index in [1.807, 2.05) is 12.1 Å². The van der Waals surface area contributed by atoms with Gasteiger partial charge >= 0.3 is 0 Å². The predicted octanol–water partition coefficient (Wildman–Crippen LogP) is 4.19. The van der Waals surface area contributed by atoms with Crippen LogP contribution < -0.4 is 5.32 Å². The van der Waals surface area contributed by atoms with E-state index in [4.69, 9.17) is 0 Å². The number of aromatic nitrogens is 1. The fraction of sp³-hybridized carbons (Fsp3) is 0. The van der Waals surface area contributed by atoms with Crippen molar-refractivity contribution in [3.63, 3.8) is 0 Å². The highest BCUT2D eigenvalue weighted by atomic mass is 19.1. The summed E-state index contributed by atoms with van der Waals surface area (Å²) >= 11 is 0. The highest BCUT2D eigenvalue weighted by molar-refractivity contribution is 6.02. The first-order valence-electron chi connectivity index (χ1n) is 6.64. The Morgan fingerprint density at radius 3 is 2.55 bits per heavy atom. The maximum atomic E-state index is 14.2. The van der Waals surface area contributed by atoms with Crippen LogP contribution in [-0.2, 0) is 4.79 Å². The highest BCUT2D eigenvalue weighted by Gasteiger charge is 2.07. The minimum atomic E-state index is -0.694. The monoisotopic (exact) mass is 298 g/mol. The van der Waals surface area contributed by atoms with Crippen molar-refractivity contribution in [2.45, 2.75) is 0 Å². The SMILES string of the molecule is O=C(/C=C(\F)n1ccc2ccccc21)Nc1ccc(F)cc1. The number of rotatable bonds is 3. The van der Waals surface area contributed by atoms with Gasteiger partial charge < -0.3 is 5.32 Å². The van der Waals surface area contributed by atoms with Gasteiger partial charge in [-0.2, -0.15) is 4.39 Å². The van der Waals surface area contributed by atoms with Crippen LogP contribution in [0.3, 0.4) is 0 Å². The Kier molecular flexibility index (Phi) is 3.70. The number of hydrogen-bond donors (Lipinski definition) is 1. The molecule has 0 radical (unpaired) electrons. The molecule has 0 aliphatic heterocycles. The van der Waals surface area contributed by atoms with Crippen molar-refractivity contribution in [1.29, 1.82) is 0 Å². The second kappa shape index (κ2) is 5.81. The Bertz CT molecular complexity index is 850. The number of nitrogens with zero attached hydrogens (tertiary/aromatic N) is 1. The first-order chi connectivity index (χ1) is 10.6. The normalized spacial score (nSPS) is 11.6. The second-order valence-electron chi connectivity index (χ2n) is 4.71. The Hall–Kier alpha value is -2.95. The summed E-state index contributed by atoms with van der Waals surface area (Å²) in [4.78, 5) is 11.8. The molecular weight excluding hydrogens is 286 g/mol. The first kappa shape index (κ1) is 14.0. The van der Waals surface area contributed by atoms with Crippen LogP contribution >= 0.6 is 0 Å². The minimum Gasteiger partial charge on any atom is -0.322 e. The molecule has 0 aliphatic rings. The molecule has 5 heteroatoms. The summed E-state index contributed by atoms with van der Waals surface area (Å²) < 4.78 is 28.3. The zero-order valence-electron chi connectivity index (χ0n) is 11.5. The Morgan fingerprint density at radius 1 is 1.05 bits per heavy atom. The van der Waals surface area contributed by atoms with Crippen molar-refractivity contribution in [3.05, 3.63) is 72.7 Å². The maximum Gasteiger partial charge on any atom is 0.252 e. The van der Waals surface area contributed by atoms with E-state index < -0.39 is 17.7 Å². The van der Waals surface area contributed by atoms with E-state index in [1.165, 1.54) is 28.8 Å². The van der Waals surface area contributed by atoms with Gasteiger partial charge in [-0.25, -0.2) is 4.39 Å². The van der Waals surface area contributed by atoms with E-state index in [0.717, 1.165) is 11.5 Å². The third-order valence-corrected chi connectivity index (χ3v) is 3.19. The number of carbonyl (C=O) groups is 1. The van der Waals surface area contributed by atoms with Gasteiger partial charge in [-0.1, -0.05) is 18.2 Å². The second-order valence-corrected chi connectivity index (χ2v) is 4.71. The lowest BCUT2D eigenvalue weighted by atomic mass is 10.2. The molecule has 0 atom stereocenters. The Morgan fingerprint density at radius 2 is 1.77 bits per heavy atom. The van der Waals surface area contributed by atoms with Gasteiger partial charge in [0.05, 0.1) is 11.6 Å². The van der Waals surface area contributed by atoms with Gasteiger partial charge in [0.2, 0.25) is 5.95 Å². The van der Waals surface area contributed by atoms with Crippen LogP contribution in [0, 0.1) is 5.82 Å². The van der Waals surface area contributed by atoms with E-state index in [2.05, 4.69) is 5.32 Å². The predicted molar refractivity (Wildman–Crippen MR) is 82.3 cm³/mol. The number of fused-ring (bicyclic) bond motifs is 1. The van der Waals surface area contributed by atoms with Crippen molar-refractivity contribution >= 4 is 28.4 Å². The summed E-state index contributed by atoms with van der Waals surface area (Å²) in [7, 11) is 0. The van der Waals surface area contributed by atoms with Gasteiger partial charge in [-0.15, -0.1) is 0 Å². The quantitative estimate of drug-likeness (QED) is 0.723. The van der Waals surface area contributed by atoms with Crippen LogP contribution in [0.25, 0.3) is 16.9 Å². The molecule has 3 aromatic rings. The lowest BCUT2D eigenvalue weighted by Crippen LogP contribution is -2.09. The van der Waals surface area contributed by atoms with Gasteiger partial charge in [-0.05, 0) is 36.4 Å². The van der Waals surface area contributed by atoms with Crippen LogP contribution in [-0.4, -0.2) is 10.5 Å². The molecule has 3 rings (SSSR count). The number of anilines is 1. The first-order valence-corrected chi connectivity index (χ1v) is 6.64. The molecule has 22 heavy (non-hydrogen) atoms. The molecule has 110 valence electrons. The lowest BCUT2D eigenvalue weighted by molar-refractivity contribution is -0.111. The van der Waals surface area contributed by atoms with Crippen LogP contribution in [0.4, 0.5) is 14.5 Å². The summed E-state index contributed by atoms with van der Waals surface area (Å²) in [5.74, 6) is -1.72. The van der Waals surface area contributed by atoms with Crippen molar-refractivity contribution in [2.75, 3.05) is 5.32 Å². The molecule has 2 aromatic carbocycles. The minimum absolute atomic E-state index is 0.396. The van der Waals surface area contributed by atoms with Crippen molar-refractivity contribution < 1.29 is 13.6 Å². The van der Waals surface area contributed by atoms with Gasteiger partial charge in [0.25, 0.3) is 5.91 Å². The largest absolute Gasteiger partial charge is 0.322 e. The van der Waals surface area contributed by atoms with Crippen molar-refractivity contribution in [1.82, 2.24) is 4.57 Å². The maximum absolute atomic E-state index is 14.2. The average molecular weight is 298 g/mol. The van der Waals surface area contributed by atoms with Crippen LogP contribution in [0.1, 0.15) is 0 Å². The summed E-state index contributed by atoms with van der Waals surface area (Å²) in [6, 6.07) is 14.3. The fourth-order valence-electron chi connectivity index (χ4n) is 2.16. The number of para-hydroxylation sites is 1. The molecule has 0 fully saturated rings. The van der Waals surface area contributed by atoms with Crippen molar-refractivity contribution in [3.8, 4) is 0 Å². The molecule has 0 aliphatic carbocycles. The molecule has 0 spiro atoms. The van der Waals surface area contributed by atoms with E-state index in [-0.39, 0.29) is 0 Å². The summed E-state index contributed by atoms with van der Waals surface area (Å²) in [6.07, 6.45) is 2.41. The standard InChI is InChI=1S/C17H12F2N2O/c18-13-5-7-14(8-6-13)20-17(22)11-16(19)21-10-9-12-3-1-2-4-15(12)21/h1-11H,(H,20,22)/b16-11+. The van der Waals surface area contributed by atoms with Gasteiger partial charge in [0.15, 0.2) is 0 Å². The van der Waals surface area contributed by atoms with Gasteiger partial charge in [0.1, 0.15) is 5.82 Å². The molecule has 1 aromatic heterocycles. The number of benzene rings is 2. The fourth-order valence-corrected chi connectivity index (χ4v) is 2.16. The van der Waals surface area contributed by atoms with Crippen molar-refractivity contribution in [2.24, 2.45) is 0 Å². The molecule has 0 saturated heterocycles. The van der Waals surface area contributed by atoms with Gasteiger partial charge in [-0.3, -0.25) is 9.36 Å². The van der Waals surface area contributed by atoms with E-state index in [0.29, 0.717) is 11.2 Å². The summed E-state index contributed by atoms with van der Waals surface area (Å²) in [5, 5.41) is 3.35. The highest BCUT2D eigenvalue weighted by Crippen LogP contribution is 2.20. The molecule has 1 amide bonds. The number of carbonyl (C=O) groups excluding carboxylic acids is 1. The summed E-state index contributed by atoms with van der Waals surface area (Å²) in [5.41, 5.74) is 1.07. The Labute approximate surface area is 125 Å². The van der Waals surface area contributed by atoms with Gasteiger partial charge in [0, 0.05) is 17.3 Å². The van der Waals surface area contributed by atoms with Crippen LogP contribution in [0.5, 0.6) is 0 Å². The zero-order valence-corrected chi connectivity index (χ0v) is 11.5. The molecule has 1 N–H and O–H groups in total. The van der Waals surface area contributed by atoms with E-state index >= 15 is 0 Å². The molecule has 1 heterocycles. The third-order valence-electron chi connectivity index (χ3n) is 3.19. The lowest BCUT2D eigenvalue weighted by Gasteiger charge is -2.04. The van der Waals surface area contributed by atoms with Crippen LogP contribution in [0.15, 0.2) is 66.9 Å². The topological polar surface area (TPSA) is 34.0 Å². The zero-order chi connectivity index (χ0) is 15.5. The average Bonchev–Trinajstić information content (AvgIpc) is 2.93.